The SMILES string of the molecule is COc1cc(C=CCN(C)C2CCCCC2)cc(CN2CCOCC2)c1O. The summed E-state index contributed by atoms with van der Waals surface area (Å²) in [7, 11) is 3.83. The quantitative estimate of drug-likeness (QED) is 0.791. The van der Waals surface area contributed by atoms with Gasteiger partial charge < -0.3 is 14.6 Å². The highest BCUT2D eigenvalue weighted by Crippen LogP contribution is 2.33. The van der Waals surface area contributed by atoms with E-state index in [1.54, 1.807) is 7.11 Å². The zero-order chi connectivity index (χ0) is 19.1. The van der Waals surface area contributed by atoms with Crippen LogP contribution in [0.4, 0.5) is 0 Å². The largest absolute Gasteiger partial charge is 0.504 e. The van der Waals surface area contributed by atoms with Crippen LogP contribution in [0.1, 0.15) is 43.2 Å². The van der Waals surface area contributed by atoms with Crippen molar-refractivity contribution in [3.05, 3.63) is 29.3 Å². The lowest BCUT2D eigenvalue weighted by atomic mass is 9.94. The molecule has 3 rings (SSSR count). The Morgan fingerprint density at radius 2 is 1.96 bits per heavy atom. The predicted molar refractivity (Wildman–Crippen MR) is 109 cm³/mol. The van der Waals surface area contributed by atoms with E-state index in [4.69, 9.17) is 9.47 Å². The maximum atomic E-state index is 10.5. The molecule has 0 radical (unpaired) electrons. The van der Waals surface area contributed by atoms with Crippen molar-refractivity contribution < 1.29 is 14.6 Å². The van der Waals surface area contributed by atoms with E-state index in [1.165, 1.54) is 32.1 Å². The van der Waals surface area contributed by atoms with Crippen molar-refractivity contribution >= 4 is 6.08 Å². The number of hydrogen-bond acceptors (Lipinski definition) is 5. The number of methoxy groups -OCH3 is 1. The molecule has 1 aliphatic carbocycles. The second kappa shape index (κ2) is 10.1. The molecular formula is C22H34N2O3. The summed E-state index contributed by atoms with van der Waals surface area (Å²) in [6, 6.07) is 4.70. The zero-order valence-corrected chi connectivity index (χ0v) is 16.8. The van der Waals surface area contributed by atoms with Crippen LogP contribution in [-0.2, 0) is 11.3 Å². The van der Waals surface area contributed by atoms with E-state index >= 15 is 0 Å². The summed E-state index contributed by atoms with van der Waals surface area (Å²) < 4.78 is 10.8. The first-order chi connectivity index (χ1) is 13.2. The summed E-state index contributed by atoms with van der Waals surface area (Å²) in [4.78, 5) is 4.77. The van der Waals surface area contributed by atoms with Gasteiger partial charge in [-0.1, -0.05) is 31.4 Å². The van der Waals surface area contributed by atoms with E-state index in [-0.39, 0.29) is 5.75 Å². The summed E-state index contributed by atoms with van der Waals surface area (Å²) >= 11 is 0. The minimum atomic E-state index is 0.250. The maximum Gasteiger partial charge on any atom is 0.162 e. The Hall–Kier alpha value is -1.56. The van der Waals surface area contributed by atoms with Gasteiger partial charge in [0.05, 0.1) is 20.3 Å². The molecule has 0 aromatic heterocycles. The number of hydrogen-bond donors (Lipinski definition) is 1. The molecular weight excluding hydrogens is 340 g/mol. The van der Waals surface area contributed by atoms with Gasteiger partial charge in [0.2, 0.25) is 0 Å². The summed E-state index contributed by atoms with van der Waals surface area (Å²) in [6.45, 7) is 4.97. The Bertz CT molecular complexity index is 620. The van der Waals surface area contributed by atoms with E-state index in [1.807, 2.05) is 6.07 Å². The van der Waals surface area contributed by atoms with Gasteiger partial charge in [-0.25, -0.2) is 0 Å². The number of rotatable bonds is 7. The van der Waals surface area contributed by atoms with Crippen LogP contribution in [0, 0.1) is 0 Å². The lowest BCUT2D eigenvalue weighted by Crippen LogP contribution is -2.35. The average Bonchev–Trinajstić information content (AvgIpc) is 2.71. The van der Waals surface area contributed by atoms with Crippen LogP contribution < -0.4 is 4.74 Å². The molecule has 0 bridgehead atoms. The number of morpholine rings is 1. The third kappa shape index (κ3) is 5.71. The Morgan fingerprint density at radius 1 is 1.22 bits per heavy atom. The summed E-state index contributed by atoms with van der Waals surface area (Å²) in [5, 5.41) is 10.5. The summed E-state index contributed by atoms with van der Waals surface area (Å²) in [5.74, 6) is 0.793. The Balaban J connectivity index is 1.65. The van der Waals surface area contributed by atoms with Crippen LogP contribution in [0.2, 0.25) is 0 Å². The molecule has 1 saturated carbocycles. The van der Waals surface area contributed by atoms with E-state index in [0.717, 1.165) is 56.6 Å². The number of ether oxygens (including phenoxy) is 2. The molecule has 0 atom stereocenters. The molecule has 0 amide bonds. The van der Waals surface area contributed by atoms with Crippen LogP contribution in [-0.4, -0.2) is 68.0 Å². The Labute approximate surface area is 163 Å². The Morgan fingerprint density at radius 3 is 2.67 bits per heavy atom. The Kier molecular flexibility index (Phi) is 7.56. The van der Waals surface area contributed by atoms with Gasteiger partial charge in [0, 0.05) is 37.8 Å². The molecule has 1 aromatic carbocycles. The van der Waals surface area contributed by atoms with Crippen LogP contribution in [0.3, 0.4) is 0 Å². The normalized spacial score (nSPS) is 19.8. The molecule has 5 nitrogen and oxygen atoms in total. The van der Waals surface area contributed by atoms with Crippen molar-refractivity contribution in [2.45, 2.75) is 44.7 Å². The molecule has 1 saturated heterocycles. The highest BCUT2D eigenvalue weighted by Gasteiger charge is 2.17. The summed E-state index contributed by atoms with van der Waals surface area (Å²) in [6.07, 6.45) is 11.1. The lowest BCUT2D eigenvalue weighted by molar-refractivity contribution is 0.0338. The van der Waals surface area contributed by atoms with Crippen molar-refractivity contribution in [3.8, 4) is 11.5 Å². The average molecular weight is 375 g/mol. The number of aromatic hydroxyl groups is 1. The number of nitrogens with zero attached hydrogens (tertiary/aromatic N) is 2. The number of phenols is 1. The lowest BCUT2D eigenvalue weighted by Gasteiger charge is -2.30. The molecule has 150 valence electrons. The van der Waals surface area contributed by atoms with Gasteiger partial charge in [0.1, 0.15) is 0 Å². The number of likely N-dealkylation sites (N-methyl/N-ethyl adjacent to an activating group) is 1. The monoisotopic (exact) mass is 374 g/mol. The fourth-order valence-electron chi connectivity index (χ4n) is 4.09. The van der Waals surface area contributed by atoms with Gasteiger partial charge in [0.25, 0.3) is 0 Å². The van der Waals surface area contributed by atoms with Gasteiger partial charge >= 0.3 is 0 Å². The maximum absolute atomic E-state index is 10.5. The highest BCUT2D eigenvalue weighted by atomic mass is 16.5. The molecule has 1 N–H and O–H groups in total. The van der Waals surface area contributed by atoms with Gasteiger partial charge in [-0.15, -0.1) is 0 Å². The topological polar surface area (TPSA) is 45.2 Å². The van der Waals surface area contributed by atoms with Crippen molar-refractivity contribution in [1.29, 1.82) is 0 Å². The molecule has 1 aliphatic heterocycles. The number of phenolic OH excluding ortho intramolecular Hbond substituents is 1. The second-order valence-electron chi connectivity index (χ2n) is 7.75. The fourth-order valence-corrected chi connectivity index (χ4v) is 4.09. The standard InChI is InChI=1S/C22H34N2O3/c1-23(20-8-4-3-5-9-20)10-6-7-18-15-19(22(25)21(16-18)26-2)17-24-11-13-27-14-12-24/h6-7,15-16,20,25H,3-5,8-14,17H2,1-2H3. The molecule has 2 aliphatic rings. The van der Waals surface area contributed by atoms with E-state index in [0.29, 0.717) is 5.75 Å². The molecule has 1 heterocycles. The van der Waals surface area contributed by atoms with Gasteiger partial charge in [0.15, 0.2) is 11.5 Å². The molecule has 5 heteroatoms. The zero-order valence-electron chi connectivity index (χ0n) is 16.8. The van der Waals surface area contributed by atoms with E-state index in [9.17, 15) is 5.11 Å². The van der Waals surface area contributed by atoms with Crippen molar-refractivity contribution in [3.63, 3.8) is 0 Å². The third-order valence-corrected chi connectivity index (χ3v) is 5.80. The van der Waals surface area contributed by atoms with Gasteiger partial charge in [-0.2, -0.15) is 0 Å². The first kappa shape index (κ1) is 20.2. The predicted octanol–water partition coefficient (Wildman–Crippen LogP) is 3.51. The van der Waals surface area contributed by atoms with Crippen molar-refractivity contribution in [2.75, 3.05) is 47.0 Å². The molecule has 2 fully saturated rings. The fraction of sp³-hybridized carbons (Fsp3) is 0.636. The van der Waals surface area contributed by atoms with Crippen LogP contribution in [0.25, 0.3) is 6.08 Å². The molecule has 27 heavy (non-hydrogen) atoms. The highest BCUT2D eigenvalue weighted by molar-refractivity contribution is 5.59. The van der Waals surface area contributed by atoms with Crippen molar-refractivity contribution in [2.24, 2.45) is 0 Å². The van der Waals surface area contributed by atoms with Crippen LogP contribution in [0.5, 0.6) is 11.5 Å². The van der Waals surface area contributed by atoms with Crippen molar-refractivity contribution in [1.82, 2.24) is 9.80 Å². The van der Waals surface area contributed by atoms with Crippen LogP contribution in [0.15, 0.2) is 18.2 Å². The first-order valence-electron chi connectivity index (χ1n) is 10.2. The van der Waals surface area contributed by atoms with Crippen LogP contribution >= 0.6 is 0 Å². The number of benzene rings is 1. The third-order valence-electron chi connectivity index (χ3n) is 5.80. The van der Waals surface area contributed by atoms with Gasteiger partial charge in [-0.05, 0) is 37.6 Å². The molecule has 0 spiro atoms. The minimum absolute atomic E-state index is 0.250. The molecule has 1 aromatic rings. The van der Waals surface area contributed by atoms with E-state index in [2.05, 4.69) is 35.1 Å². The van der Waals surface area contributed by atoms with Gasteiger partial charge in [-0.3, -0.25) is 9.80 Å². The second-order valence-corrected chi connectivity index (χ2v) is 7.75. The molecule has 0 unspecified atom stereocenters. The summed E-state index contributed by atoms with van der Waals surface area (Å²) in [5.41, 5.74) is 1.99. The van der Waals surface area contributed by atoms with E-state index < -0.39 is 0 Å². The minimum Gasteiger partial charge on any atom is -0.504 e. The first-order valence-corrected chi connectivity index (χ1v) is 10.2. The smallest absolute Gasteiger partial charge is 0.162 e.